The summed E-state index contributed by atoms with van der Waals surface area (Å²) in [7, 11) is -2.84. The Morgan fingerprint density at radius 3 is 2.11 bits per heavy atom. The molecule has 0 N–H and O–H groups in total. The lowest BCUT2D eigenvalue weighted by Gasteiger charge is -2.12. The van der Waals surface area contributed by atoms with E-state index in [1.807, 2.05) is 0 Å². The third kappa shape index (κ3) is 0.894. The molecule has 0 saturated carbocycles. The van der Waals surface area contributed by atoms with Crippen LogP contribution in [0.5, 0.6) is 0 Å². The summed E-state index contributed by atoms with van der Waals surface area (Å²) in [5, 5.41) is 0. The molecular formula is C6H10O2S. The summed E-state index contributed by atoms with van der Waals surface area (Å²) in [6.07, 6.45) is 3.44. The predicted octanol–water partition coefficient (Wildman–Crippen LogP) is 0.750. The largest absolute Gasteiger partial charge is 0.228 e. The number of hydrogen-bond acceptors (Lipinski definition) is 2. The van der Waals surface area contributed by atoms with E-state index in [-0.39, 0.29) is 5.75 Å². The van der Waals surface area contributed by atoms with Crippen LogP contribution < -0.4 is 0 Å². The molecule has 0 aliphatic carbocycles. The molecule has 0 radical (unpaired) electrons. The summed E-state index contributed by atoms with van der Waals surface area (Å²) in [4.78, 5) is 0. The summed E-state index contributed by atoms with van der Waals surface area (Å²) >= 11 is 0. The Morgan fingerprint density at radius 2 is 2.00 bits per heavy atom. The van der Waals surface area contributed by atoms with E-state index in [9.17, 15) is 8.42 Å². The fraction of sp³-hybridized carbons (Fsp3) is 0.667. The molecule has 0 amide bonds. The average molecular weight is 146 g/mol. The maximum atomic E-state index is 11.0. The quantitative estimate of drug-likeness (QED) is 0.472. The van der Waals surface area contributed by atoms with Crippen LogP contribution in [0.1, 0.15) is 13.8 Å². The summed E-state index contributed by atoms with van der Waals surface area (Å²) in [5.74, 6) is 0.208. The zero-order valence-corrected chi connectivity index (χ0v) is 6.40. The zero-order chi connectivity index (χ0) is 7.12. The lowest BCUT2D eigenvalue weighted by atomic mass is 10.2. The van der Waals surface area contributed by atoms with Gasteiger partial charge in [-0.3, -0.25) is 0 Å². The van der Waals surface area contributed by atoms with Crippen molar-refractivity contribution in [1.82, 2.24) is 0 Å². The second kappa shape index (κ2) is 1.59. The van der Waals surface area contributed by atoms with Crippen LogP contribution >= 0.6 is 0 Å². The first kappa shape index (κ1) is 6.81. The van der Waals surface area contributed by atoms with Gasteiger partial charge in [-0.05, 0) is 13.8 Å². The monoisotopic (exact) mass is 146 g/mol. The van der Waals surface area contributed by atoms with Gasteiger partial charge in [0.05, 0.1) is 10.5 Å². The summed E-state index contributed by atoms with van der Waals surface area (Å²) in [5.41, 5.74) is 0. The van der Waals surface area contributed by atoms with Crippen LogP contribution in [-0.2, 0) is 9.84 Å². The van der Waals surface area contributed by atoms with Crippen molar-refractivity contribution in [3.8, 4) is 0 Å². The normalized spacial score (nSPS) is 28.7. The van der Waals surface area contributed by atoms with Crippen molar-refractivity contribution in [2.75, 3.05) is 5.75 Å². The summed E-state index contributed by atoms with van der Waals surface area (Å²) in [6, 6.07) is 0. The Bertz CT molecular complexity index is 234. The average Bonchev–Trinajstić information content (AvgIpc) is 1.81. The van der Waals surface area contributed by atoms with Gasteiger partial charge in [-0.2, -0.15) is 0 Å². The third-order valence-electron chi connectivity index (χ3n) is 1.64. The van der Waals surface area contributed by atoms with E-state index in [1.54, 1.807) is 26.0 Å². The molecule has 0 aromatic rings. The van der Waals surface area contributed by atoms with Gasteiger partial charge in [0.1, 0.15) is 0 Å². The van der Waals surface area contributed by atoms with Gasteiger partial charge < -0.3 is 0 Å². The van der Waals surface area contributed by atoms with E-state index >= 15 is 0 Å². The molecule has 52 valence electrons. The van der Waals surface area contributed by atoms with Crippen LogP contribution in [0, 0.1) is 0 Å². The Balaban J connectivity index is 3.14. The SMILES string of the molecule is CC1(C)C=CCS1(=O)=O. The number of sulfone groups is 1. The van der Waals surface area contributed by atoms with Crippen LogP contribution in [0.15, 0.2) is 12.2 Å². The standard InChI is InChI=1S/C6H10O2S/c1-6(2)4-3-5-9(6,7)8/h3-4H,5H2,1-2H3. The fourth-order valence-electron chi connectivity index (χ4n) is 0.777. The minimum Gasteiger partial charge on any atom is -0.228 e. The highest BCUT2D eigenvalue weighted by Crippen LogP contribution is 2.24. The topological polar surface area (TPSA) is 34.1 Å². The van der Waals surface area contributed by atoms with Gasteiger partial charge in [-0.15, -0.1) is 0 Å². The first-order valence-corrected chi connectivity index (χ1v) is 4.51. The smallest absolute Gasteiger partial charge is 0.162 e. The van der Waals surface area contributed by atoms with Crippen molar-refractivity contribution in [3.05, 3.63) is 12.2 Å². The van der Waals surface area contributed by atoms with Crippen molar-refractivity contribution < 1.29 is 8.42 Å². The molecule has 0 aromatic carbocycles. The van der Waals surface area contributed by atoms with E-state index in [0.29, 0.717) is 0 Å². The Kier molecular flexibility index (Phi) is 1.21. The molecule has 9 heavy (non-hydrogen) atoms. The van der Waals surface area contributed by atoms with Gasteiger partial charge in [-0.1, -0.05) is 12.2 Å². The van der Waals surface area contributed by atoms with Crippen molar-refractivity contribution in [2.45, 2.75) is 18.6 Å². The van der Waals surface area contributed by atoms with Crippen LogP contribution in [-0.4, -0.2) is 18.9 Å². The van der Waals surface area contributed by atoms with Gasteiger partial charge in [-0.25, -0.2) is 8.42 Å². The van der Waals surface area contributed by atoms with Gasteiger partial charge >= 0.3 is 0 Å². The lowest BCUT2D eigenvalue weighted by molar-refractivity contribution is 0.579. The second-order valence-corrected chi connectivity index (χ2v) is 5.40. The predicted molar refractivity (Wildman–Crippen MR) is 37.0 cm³/mol. The molecule has 1 aliphatic heterocycles. The number of rotatable bonds is 0. The molecule has 0 aromatic heterocycles. The Hall–Kier alpha value is -0.310. The van der Waals surface area contributed by atoms with E-state index in [1.165, 1.54) is 0 Å². The molecule has 1 rings (SSSR count). The first-order valence-electron chi connectivity index (χ1n) is 2.86. The molecule has 2 nitrogen and oxygen atoms in total. The molecule has 3 heteroatoms. The molecule has 0 fully saturated rings. The molecular weight excluding hydrogens is 136 g/mol. The summed E-state index contributed by atoms with van der Waals surface area (Å²) in [6.45, 7) is 3.43. The Morgan fingerprint density at radius 1 is 1.44 bits per heavy atom. The van der Waals surface area contributed by atoms with Crippen molar-refractivity contribution >= 4 is 9.84 Å². The highest BCUT2D eigenvalue weighted by molar-refractivity contribution is 7.93. The van der Waals surface area contributed by atoms with E-state index in [2.05, 4.69) is 0 Å². The van der Waals surface area contributed by atoms with E-state index in [4.69, 9.17) is 0 Å². The fourth-order valence-corrected chi connectivity index (χ4v) is 1.86. The Labute approximate surface area is 55.5 Å². The maximum absolute atomic E-state index is 11.0. The molecule has 0 saturated heterocycles. The van der Waals surface area contributed by atoms with Crippen LogP contribution in [0.4, 0.5) is 0 Å². The minimum atomic E-state index is -2.84. The van der Waals surface area contributed by atoms with Gasteiger partial charge in [0, 0.05) is 0 Å². The molecule has 0 bridgehead atoms. The van der Waals surface area contributed by atoms with Crippen molar-refractivity contribution in [2.24, 2.45) is 0 Å². The highest BCUT2D eigenvalue weighted by atomic mass is 32.2. The third-order valence-corrected chi connectivity index (χ3v) is 4.01. The molecule has 0 unspecified atom stereocenters. The molecule has 1 heterocycles. The van der Waals surface area contributed by atoms with Gasteiger partial charge in [0.2, 0.25) is 0 Å². The number of hydrogen-bond donors (Lipinski definition) is 0. The molecule has 0 spiro atoms. The summed E-state index contributed by atoms with van der Waals surface area (Å²) < 4.78 is 21.4. The lowest BCUT2D eigenvalue weighted by Crippen LogP contribution is -2.26. The van der Waals surface area contributed by atoms with E-state index in [0.717, 1.165) is 0 Å². The van der Waals surface area contributed by atoms with Gasteiger partial charge in [0.15, 0.2) is 9.84 Å². The second-order valence-electron chi connectivity index (χ2n) is 2.79. The van der Waals surface area contributed by atoms with Crippen molar-refractivity contribution in [1.29, 1.82) is 0 Å². The van der Waals surface area contributed by atoms with Crippen LogP contribution in [0.2, 0.25) is 0 Å². The molecule has 0 atom stereocenters. The van der Waals surface area contributed by atoms with E-state index < -0.39 is 14.6 Å². The highest BCUT2D eigenvalue weighted by Gasteiger charge is 2.34. The zero-order valence-electron chi connectivity index (χ0n) is 5.59. The first-order chi connectivity index (χ1) is 3.96. The van der Waals surface area contributed by atoms with Crippen molar-refractivity contribution in [3.63, 3.8) is 0 Å². The minimum absolute atomic E-state index is 0.208. The van der Waals surface area contributed by atoms with Crippen LogP contribution in [0.3, 0.4) is 0 Å². The van der Waals surface area contributed by atoms with Gasteiger partial charge in [0.25, 0.3) is 0 Å². The van der Waals surface area contributed by atoms with Crippen LogP contribution in [0.25, 0.3) is 0 Å². The molecule has 1 aliphatic rings. The maximum Gasteiger partial charge on any atom is 0.162 e.